The number of hydrogen-bond acceptors (Lipinski definition) is 10. The average molecular weight is 741 g/mol. The molecule has 0 aliphatic carbocycles. The number of halogens is 1. The van der Waals surface area contributed by atoms with Gasteiger partial charge in [-0.25, -0.2) is 16.8 Å². The molecule has 49 heavy (non-hydrogen) atoms. The van der Waals surface area contributed by atoms with Crippen LogP contribution in [0.4, 0.5) is 5.69 Å². The number of sulfonamides is 2. The lowest BCUT2D eigenvalue weighted by Gasteiger charge is -2.35. The predicted octanol–water partition coefficient (Wildman–Crippen LogP) is 4.86. The number of hydrogen-bond donors (Lipinski definition) is 2. The van der Waals surface area contributed by atoms with Crippen LogP contribution in [0.15, 0.2) is 56.8 Å². The number of ether oxygens (including phenoxy) is 2. The summed E-state index contributed by atoms with van der Waals surface area (Å²) in [5.74, 6) is -0.457. The number of aliphatic hydroxyl groups excluding tert-OH is 1. The van der Waals surface area contributed by atoms with Crippen molar-refractivity contribution in [2.75, 3.05) is 38.1 Å². The molecule has 4 rings (SSSR count). The summed E-state index contributed by atoms with van der Waals surface area (Å²) in [4.78, 5) is 15.8. The van der Waals surface area contributed by atoms with Crippen LogP contribution in [0, 0.1) is 19.8 Å². The lowest BCUT2D eigenvalue weighted by molar-refractivity contribution is -0.00835. The van der Waals surface area contributed by atoms with Crippen LogP contribution in [0.3, 0.4) is 0 Å². The number of anilines is 1. The maximum Gasteiger partial charge on any atom is 0.261 e. The number of aryl methyl sites for hydroxylation is 2. The van der Waals surface area contributed by atoms with E-state index in [-0.39, 0.29) is 64.0 Å². The van der Waals surface area contributed by atoms with Gasteiger partial charge in [0.25, 0.3) is 15.9 Å². The van der Waals surface area contributed by atoms with Crippen molar-refractivity contribution in [3.8, 4) is 5.75 Å². The highest BCUT2D eigenvalue weighted by Crippen LogP contribution is 2.30. The fourth-order valence-electron chi connectivity index (χ4n) is 5.63. The van der Waals surface area contributed by atoms with E-state index in [4.69, 9.17) is 25.6 Å². The molecule has 0 unspecified atom stereocenters. The maximum atomic E-state index is 14.4. The third-order valence-corrected chi connectivity index (χ3v) is 12.2. The van der Waals surface area contributed by atoms with Crippen molar-refractivity contribution in [3.05, 3.63) is 64.5 Å². The first-order valence-corrected chi connectivity index (χ1v) is 19.4. The Balaban J connectivity index is 1.69. The molecule has 4 atom stereocenters. The highest BCUT2D eigenvalue weighted by Gasteiger charge is 2.34. The van der Waals surface area contributed by atoms with Crippen molar-refractivity contribution in [3.63, 3.8) is 0 Å². The smallest absolute Gasteiger partial charge is 0.261 e. The van der Waals surface area contributed by atoms with Crippen LogP contribution in [-0.4, -0.2) is 93.8 Å². The van der Waals surface area contributed by atoms with Gasteiger partial charge in [-0.2, -0.15) is 4.31 Å². The largest absolute Gasteiger partial charge is 0.490 e. The number of fused-ring (bicyclic) bond motifs is 1. The highest BCUT2D eigenvalue weighted by molar-refractivity contribution is 7.92. The lowest BCUT2D eigenvalue weighted by Crippen LogP contribution is -2.48. The Morgan fingerprint density at radius 2 is 1.80 bits per heavy atom. The van der Waals surface area contributed by atoms with E-state index >= 15 is 0 Å². The quantitative estimate of drug-likeness (QED) is 0.309. The number of rotatable bonds is 9. The minimum Gasteiger partial charge on any atom is -0.490 e. The summed E-state index contributed by atoms with van der Waals surface area (Å²) in [6, 6.07) is 9.53. The summed E-state index contributed by atoms with van der Waals surface area (Å²) in [7, 11) is -6.54. The van der Waals surface area contributed by atoms with Crippen LogP contribution < -0.4 is 9.46 Å². The molecule has 0 fully saturated rings. The molecule has 1 aliphatic heterocycles. The summed E-state index contributed by atoms with van der Waals surface area (Å²) in [6.07, 6.45) is 1.14. The van der Waals surface area contributed by atoms with Gasteiger partial charge in [-0.05, 0) is 89.4 Å². The Hall–Kier alpha value is -3.21. The topological polar surface area (TPSA) is 169 Å². The van der Waals surface area contributed by atoms with Gasteiger partial charge in [0.05, 0.1) is 35.3 Å². The van der Waals surface area contributed by atoms with Crippen LogP contribution in [0.5, 0.6) is 5.75 Å². The number of benzene rings is 2. The molecule has 0 radical (unpaired) electrons. The number of amides is 1. The summed E-state index contributed by atoms with van der Waals surface area (Å²) < 4.78 is 74.8. The SMILES string of the molecule is Cc1noc(C)c1S(=O)(=O)N(C)C[C@H]1OCCCC[C@@H](C)Oc2ccc(NS(=O)(=O)c3ccc(Cl)cc3)cc2C(=O)N([C@@H](C)CO)C[C@@H]1C. The summed E-state index contributed by atoms with van der Waals surface area (Å²) in [5.41, 5.74) is 0.488. The number of likely N-dealkylation sites (N-methyl/N-ethyl adjacent to an activating group) is 1. The van der Waals surface area contributed by atoms with E-state index in [9.17, 15) is 26.7 Å². The summed E-state index contributed by atoms with van der Waals surface area (Å²) in [6.45, 7) is 8.59. The molecular weight excluding hydrogens is 696 g/mol. The Morgan fingerprint density at radius 3 is 2.43 bits per heavy atom. The molecular formula is C33H45ClN4O9S2. The summed E-state index contributed by atoms with van der Waals surface area (Å²) in [5, 5.41) is 14.4. The van der Waals surface area contributed by atoms with Crippen LogP contribution in [-0.2, 0) is 24.8 Å². The Labute approximate surface area is 293 Å². The molecule has 2 heterocycles. The first kappa shape index (κ1) is 38.6. The molecule has 1 aromatic heterocycles. The van der Waals surface area contributed by atoms with E-state index < -0.39 is 44.0 Å². The Bertz CT molecular complexity index is 1800. The molecule has 0 spiro atoms. The Kier molecular flexibility index (Phi) is 12.8. The minimum atomic E-state index is -4.02. The predicted molar refractivity (Wildman–Crippen MR) is 185 cm³/mol. The zero-order valence-electron chi connectivity index (χ0n) is 28.5. The summed E-state index contributed by atoms with van der Waals surface area (Å²) >= 11 is 5.94. The normalized spacial score (nSPS) is 20.7. The third kappa shape index (κ3) is 9.32. The molecule has 0 saturated carbocycles. The van der Waals surface area contributed by atoms with E-state index in [0.29, 0.717) is 24.5 Å². The fraction of sp³-hybridized carbons (Fsp3) is 0.515. The number of carbonyl (C=O) groups is 1. The van der Waals surface area contributed by atoms with Gasteiger partial charge in [0.1, 0.15) is 16.3 Å². The maximum absolute atomic E-state index is 14.4. The van der Waals surface area contributed by atoms with Gasteiger partial charge in [0.2, 0.25) is 10.0 Å². The first-order chi connectivity index (χ1) is 23.0. The van der Waals surface area contributed by atoms with Crippen molar-refractivity contribution in [2.45, 2.75) is 81.9 Å². The van der Waals surface area contributed by atoms with Crippen molar-refractivity contribution >= 4 is 43.2 Å². The van der Waals surface area contributed by atoms with Crippen molar-refractivity contribution < 1.29 is 40.7 Å². The monoisotopic (exact) mass is 740 g/mol. The molecule has 2 aromatic carbocycles. The average Bonchev–Trinajstić information content (AvgIpc) is 3.40. The molecule has 1 aliphatic rings. The van der Waals surface area contributed by atoms with Gasteiger partial charge in [0.15, 0.2) is 5.76 Å². The van der Waals surface area contributed by atoms with E-state index in [1.54, 1.807) is 19.9 Å². The van der Waals surface area contributed by atoms with Gasteiger partial charge in [-0.15, -0.1) is 0 Å². The van der Waals surface area contributed by atoms with Gasteiger partial charge in [-0.3, -0.25) is 9.52 Å². The van der Waals surface area contributed by atoms with Crippen molar-refractivity contribution in [1.29, 1.82) is 0 Å². The minimum absolute atomic E-state index is 0.00216. The van der Waals surface area contributed by atoms with Gasteiger partial charge in [-0.1, -0.05) is 23.7 Å². The second-order valence-corrected chi connectivity index (χ2v) is 16.6. The molecule has 3 aromatic rings. The standard InChI is InChI=1S/C33H45ClN4O9S2/c1-21-18-38(22(2)20-39)33(40)29-17-27(36-48(41,42)28-13-10-26(34)11-14-28)12-15-30(29)46-23(3)9-7-8-16-45-31(21)19-37(6)49(43,44)32-24(4)35-47-25(32)5/h10-15,17,21-23,31,36,39H,7-9,16,18-20H2,1-6H3/t21-,22-,23+,31+/m0/s1. The zero-order valence-corrected chi connectivity index (χ0v) is 30.9. The Morgan fingerprint density at radius 1 is 1.10 bits per heavy atom. The number of nitrogens with zero attached hydrogens (tertiary/aromatic N) is 3. The van der Waals surface area contributed by atoms with Crippen molar-refractivity contribution in [1.82, 2.24) is 14.4 Å². The number of nitrogens with one attached hydrogen (secondary N) is 1. The zero-order chi connectivity index (χ0) is 36.1. The van der Waals surface area contributed by atoms with E-state index in [1.807, 2.05) is 13.8 Å². The molecule has 0 saturated heterocycles. The molecule has 2 N–H and O–H groups in total. The van der Waals surface area contributed by atoms with Gasteiger partial charge < -0.3 is 24.0 Å². The highest BCUT2D eigenvalue weighted by atomic mass is 35.5. The van der Waals surface area contributed by atoms with Crippen LogP contribution in [0.2, 0.25) is 5.02 Å². The van der Waals surface area contributed by atoms with Crippen LogP contribution >= 0.6 is 11.6 Å². The fourth-order valence-corrected chi connectivity index (χ4v) is 8.27. The van der Waals surface area contributed by atoms with Crippen LogP contribution in [0.1, 0.15) is 61.8 Å². The molecule has 1 amide bonds. The second kappa shape index (κ2) is 16.2. The molecule has 13 nitrogen and oxygen atoms in total. The van der Waals surface area contributed by atoms with E-state index in [2.05, 4.69) is 9.88 Å². The van der Waals surface area contributed by atoms with Gasteiger partial charge >= 0.3 is 0 Å². The van der Waals surface area contributed by atoms with E-state index in [1.165, 1.54) is 59.6 Å². The van der Waals surface area contributed by atoms with Crippen LogP contribution in [0.25, 0.3) is 0 Å². The number of aromatic nitrogens is 1. The lowest BCUT2D eigenvalue weighted by atomic mass is 10.0. The van der Waals surface area contributed by atoms with Gasteiger partial charge in [0, 0.05) is 43.4 Å². The number of carbonyl (C=O) groups excluding carboxylic acids is 1. The second-order valence-electron chi connectivity index (χ2n) is 12.5. The third-order valence-electron chi connectivity index (χ3n) is 8.50. The molecule has 270 valence electrons. The molecule has 16 heteroatoms. The molecule has 0 bridgehead atoms. The van der Waals surface area contributed by atoms with Crippen molar-refractivity contribution in [2.24, 2.45) is 5.92 Å². The number of aliphatic hydroxyl groups is 1. The first-order valence-electron chi connectivity index (χ1n) is 16.1. The van der Waals surface area contributed by atoms with E-state index in [0.717, 1.165) is 6.42 Å².